The summed E-state index contributed by atoms with van der Waals surface area (Å²) in [5.74, 6) is 1.05. The lowest BCUT2D eigenvalue weighted by atomic mass is 9.83. The SMILES string of the molecule is CN(C)C(=O)c1ccc(Nc2cc(N3CC[C@@](C#N)(C4CC4)C3=O)ccn2)nc1. The van der Waals surface area contributed by atoms with Crippen molar-refractivity contribution >= 4 is 29.1 Å². The third-order valence-electron chi connectivity index (χ3n) is 5.56. The van der Waals surface area contributed by atoms with Crippen LogP contribution in [-0.4, -0.2) is 47.3 Å². The Balaban J connectivity index is 1.50. The van der Waals surface area contributed by atoms with Gasteiger partial charge in [-0.05, 0) is 43.4 Å². The van der Waals surface area contributed by atoms with E-state index in [0.717, 1.165) is 12.8 Å². The van der Waals surface area contributed by atoms with Gasteiger partial charge in [-0.1, -0.05) is 0 Å². The zero-order chi connectivity index (χ0) is 20.6. The van der Waals surface area contributed by atoms with Crippen molar-refractivity contribution in [2.45, 2.75) is 19.3 Å². The number of hydrogen-bond acceptors (Lipinski definition) is 6. The van der Waals surface area contributed by atoms with Crippen molar-refractivity contribution in [2.24, 2.45) is 11.3 Å². The number of anilines is 3. The number of pyridine rings is 2. The van der Waals surface area contributed by atoms with E-state index in [1.165, 1.54) is 11.1 Å². The van der Waals surface area contributed by atoms with Crippen LogP contribution in [0.15, 0.2) is 36.7 Å². The number of hydrogen-bond donors (Lipinski definition) is 1. The van der Waals surface area contributed by atoms with Crippen LogP contribution in [0.25, 0.3) is 0 Å². The number of carbonyl (C=O) groups excluding carboxylic acids is 2. The lowest BCUT2D eigenvalue weighted by Crippen LogP contribution is -2.35. The highest BCUT2D eigenvalue weighted by Gasteiger charge is 2.56. The van der Waals surface area contributed by atoms with Crippen LogP contribution in [0.5, 0.6) is 0 Å². The van der Waals surface area contributed by atoms with Crippen molar-refractivity contribution in [2.75, 3.05) is 30.9 Å². The number of nitrogens with zero attached hydrogens (tertiary/aromatic N) is 5. The van der Waals surface area contributed by atoms with Crippen LogP contribution in [0, 0.1) is 22.7 Å². The summed E-state index contributed by atoms with van der Waals surface area (Å²) in [4.78, 5) is 36.7. The molecule has 0 bridgehead atoms. The molecule has 3 heterocycles. The molecular formula is C21H22N6O2. The maximum Gasteiger partial charge on any atom is 0.254 e. The zero-order valence-corrected chi connectivity index (χ0v) is 16.4. The number of aromatic nitrogens is 2. The smallest absolute Gasteiger partial charge is 0.254 e. The molecule has 0 unspecified atom stereocenters. The second kappa shape index (κ2) is 7.17. The van der Waals surface area contributed by atoms with Gasteiger partial charge >= 0.3 is 0 Å². The van der Waals surface area contributed by atoms with E-state index in [-0.39, 0.29) is 17.7 Å². The molecule has 0 spiro atoms. The molecule has 1 saturated heterocycles. The second-order valence-electron chi connectivity index (χ2n) is 7.72. The molecule has 29 heavy (non-hydrogen) atoms. The van der Waals surface area contributed by atoms with E-state index in [2.05, 4.69) is 21.4 Å². The molecule has 1 saturated carbocycles. The first-order valence-electron chi connectivity index (χ1n) is 9.58. The Kier molecular flexibility index (Phi) is 4.66. The van der Waals surface area contributed by atoms with Crippen LogP contribution < -0.4 is 10.2 Å². The lowest BCUT2D eigenvalue weighted by molar-refractivity contribution is -0.123. The molecule has 1 atom stereocenters. The minimum Gasteiger partial charge on any atom is -0.345 e. The van der Waals surface area contributed by atoms with Gasteiger partial charge in [-0.25, -0.2) is 9.97 Å². The number of carbonyl (C=O) groups is 2. The van der Waals surface area contributed by atoms with Gasteiger partial charge in [0.05, 0.1) is 11.6 Å². The molecule has 148 valence electrons. The highest BCUT2D eigenvalue weighted by atomic mass is 16.2. The summed E-state index contributed by atoms with van der Waals surface area (Å²) in [5.41, 5.74) is 0.343. The van der Waals surface area contributed by atoms with Crippen molar-refractivity contribution in [3.8, 4) is 6.07 Å². The second-order valence-corrected chi connectivity index (χ2v) is 7.72. The third kappa shape index (κ3) is 3.40. The standard InChI is InChI=1S/C21H22N6O2/c1-26(2)19(28)14-3-6-17(24-12-14)25-18-11-16(7-9-23-18)27-10-8-21(13-22,20(27)29)15-4-5-15/h3,6-7,9,11-12,15H,4-5,8,10H2,1-2H3,(H,23,24,25)/t21-/m1/s1. The van der Waals surface area contributed by atoms with Crippen LogP contribution in [-0.2, 0) is 4.79 Å². The molecule has 1 N–H and O–H groups in total. The quantitative estimate of drug-likeness (QED) is 0.842. The van der Waals surface area contributed by atoms with Gasteiger partial charge in [-0.2, -0.15) is 5.26 Å². The molecule has 2 aromatic rings. The molecule has 2 aromatic heterocycles. The first-order valence-corrected chi connectivity index (χ1v) is 9.58. The normalized spacial score (nSPS) is 21.0. The van der Waals surface area contributed by atoms with Gasteiger partial charge in [0.1, 0.15) is 17.1 Å². The Morgan fingerprint density at radius 1 is 1.28 bits per heavy atom. The predicted molar refractivity (Wildman–Crippen MR) is 108 cm³/mol. The summed E-state index contributed by atoms with van der Waals surface area (Å²) < 4.78 is 0. The zero-order valence-electron chi connectivity index (χ0n) is 16.4. The number of nitriles is 1. The topological polar surface area (TPSA) is 102 Å². The van der Waals surface area contributed by atoms with E-state index in [1.807, 2.05) is 0 Å². The molecule has 2 aliphatic rings. The Labute approximate surface area is 169 Å². The summed E-state index contributed by atoms with van der Waals surface area (Å²) in [7, 11) is 3.38. The van der Waals surface area contributed by atoms with Crippen molar-refractivity contribution < 1.29 is 9.59 Å². The Bertz CT molecular complexity index is 993. The highest BCUT2D eigenvalue weighted by Crippen LogP contribution is 2.51. The number of nitrogens with one attached hydrogen (secondary N) is 1. The van der Waals surface area contributed by atoms with Crippen LogP contribution in [0.4, 0.5) is 17.3 Å². The first-order chi connectivity index (χ1) is 13.9. The molecule has 2 amide bonds. The summed E-state index contributed by atoms with van der Waals surface area (Å²) in [6, 6.07) is 9.26. The fraction of sp³-hybridized carbons (Fsp3) is 0.381. The van der Waals surface area contributed by atoms with Crippen molar-refractivity contribution in [1.82, 2.24) is 14.9 Å². The van der Waals surface area contributed by atoms with Crippen LogP contribution >= 0.6 is 0 Å². The van der Waals surface area contributed by atoms with Gasteiger partial charge in [0, 0.05) is 44.8 Å². The first kappa shape index (κ1) is 18.9. The van der Waals surface area contributed by atoms with Gasteiger partial charge in [-0.15, -0.1) is 0 Å². The van der Waals surface area contributed by atoms with Gasteiger partial charge in [0.15, 0.2) is 0 Å². The van der Waals surface area contributed by atoms with E-state index in [1.54, 1.807) is 49.5 Å². The molecule has 0 radical (unpaired) electrons. The lowest BCUT2D eigenvalue weighted by Gasteiger charge is -2.21. The molecule has 1 aliphatic heterocycles. The molecule has 0 aromatic carbocycles. The highest BCUT2D eigenvalue weighted by molar-refractivity contribution is 6.02. The van der Waals surface area contributed by atoms with Gasteiger partial charge in [0.2, 0.25) is 5.91 Å². The molecule has 1 aliphatic carbocycles. The fourth-order valence-corrected chi connectivity index (χ4v) is 3.77. The summed E-state index contributed by atoms with van der Waals surface area (Å²) in [5, 5.41) is 12.7. The number of rotatable bonds is 5. The van der Waals surface area contributed by atoms with Crippen LogP contribution in [0.1, 0.15) is 29.6 Å². The van der Waals surface area contributed by atoms with E-state index >= 15 is 0 Å². The minimum atomic E-state index is -0.868. The Hall–Kier alpha value is -3.47. The van der Waals surface area contributed by atoms with Gasteiger partial charge < -0.3 is 15.1 Å². The predicted octanol–water partition coefficient (Wildman–Crippen LogP) is 2.58. The van der Waals surface area contributed by atoms with Gasteiger partial charge in [-0.3, -0.25) is 9.59 Å². The maximum absolute atomic E-state index is 13.0. The summed E-state index contributed by atoms with van der Waals surface area (Å²) >= 11 is 0. The van der Waals surface area contributed by atoms with E-state index in [0.29, 0.717) is 35.9 Å². The van der Waals surface area contributed by atoms with E-state index < -0.39 is 5.41 Å². The van der Waals surface area contributed by atoms with Crippen LogP contribution in [0.3, 0.4) is 0 Å². The van der Waals surface area contributed by atoms with E-state index in [9.17, 15) is 14.9 Å². The Morgan fingerprint density at radius 2 is 2.07 bits per heavy atom. The minimum absolute atomic E-state index is 0.107. The van der Waals surface area contributed by atoms with Crippen molar-refractivity contribution in [3.05, 3.63) is 42.2 Å². The molecule has 8 nitrogen and oxygen atoms in total. The fourth-order valence-electron chi connectivity index (χ4n) is 3.77. The molecule has 8 heteroatoms. The maximum atomic E-state index is 13.0. The Morgan fingerprint density at radius 3 is 2.69 bits per heavy atom. The summed E-state index contributed by atoms with van der Waals surface area (Å²) in [6.07, 6.45) is 5.61. The largest absolute Gasteiger partial charge is 0.345 e. The number of amides is 2. The third-order valence-corrected chi connectivity index (χ3v) is 5.56. The molecule has 2 fully saturated rings. The molecule has 4 rings (SSSR count). The van der Waals surface area contributed by atoms with Gasteiger partial charge in [0.25, 0.3) is 5.91 Å². The van der Waals surface area contributed by atoms with E-state index in [4.69, 9.17) is 0 Å². The monoisotopic (exact) mass is 390 g/mol. The van der Waals surface area contributed by atoms with Crippen molar-refractivity contribution in [3.63, 3.8) is 0 Å². The van der Waals surface area contributed by atoms with Crippen LogP contribution in [0.2, 0.25) is 0 Å². The van der Waals surface area contributed by atoms with Crippen molar-refractivity contribution in [1.29, 1.82) is 5.26 Å². The average molecular weight is 390 g/mol. The summed E-state index contributed by atoms with van der Waals surface area (Å²) in [6.45, 7) is 0.534. The molecular weight excluding hydrogens is 368 g/mol. The average Bonchev–Trinajstić information content (AvgIpc) is 3.52.